The molecule has 0 saturated heterocycles. The highest BCUT2D eigenvalue weighted by Gasteiger charge is 2.17. The van der Waals surface area contributed by atoms with Gasteiger partial charge in [-0.3, -0.25) is 14.9 Å². The first-order chi connectivity index (χ1) is 12.0. The zero-order valence-electron chi connectivity index (χ0n) is 12.8. The van der Waals surface area contributed by atoms with E-state index in [0.717, 1.165) is 19.2 Å². The van der Waals surface area contributed by atoms with E-state index in [4.69, 9.17) is 0 Å². The van der Waals surface area contributed by atoms with Crippen LogP contribution in [0.3, 0.4) is 0 Å². The summed E-state index contributed by atoms with van der Waals surface area (Å²) < 4.78 is 4.56. The lowest BCUT2D eigenvalue weighted by Crippen LogP contribution is -2.13. The minimum absolute atomic E-state index is 0.0426. The quantitative estimate of drug-likeness (QED) is 0.419. The Labute approximate surface area is 139 Å². The minimum atomic E-state index is -0.747. The normalized spacial score (nSPS) is 10.4. The molecule has 0 spiro atoms. The molecule has 2 N–H and O–H groups in total. The van der Waals surface area contributed by atoms with Crippen LogP contribution < -0.4 is 5.32 Å². The lowest BCUT2D eigenvalue weighted by molar-refractivity contribution is -0.384. The summed E-state index contributed by atoms with van der Waals surface area (Å²) in [7, 11) is 1.16. The first-order valence-electron chi connectivity index (χ1n) is 6.97. The number of amides is 1. The van der Waals surface area contributed by atoms with E-state index in [1.807, 2.05) is 0 Å². The third-order valence-electron chi connectivity index (χ3n) is 3.39. The van der Waals surface area contributed by atoms with Gasteiger partial charge in [-0.2, -0.15) is 15.4 Å². The van der Waals surface area contributed by atoms with Crippen LogP contribution in [-0.2, 0) is 4.74 Å². The number of nitrogens with one attached hydrogen (secondary N) is 2. The molecule has 0 saturated carbocycles. The van der Waals surface area contributed by atoms with Gasteiger partial charge in [0.05, 0.1) is 17.6 Å². The van der Waals surface area contributed by atoms with Crippen LogP contribution >= 0.6 is 0 Å². The molecule has 10 heteroatoms. The Balaban J connectivity index is 1.92. The Morgan fingerprint density at radius 1 is 1.12 bits per heavy atom. The lowest BCUT2D eigenvalue weighted by atomic mass is 10.1. The van der Waals surface area contributed by atoms with E-state index in [0.29, 0.717) is 11.0 Å². The van der Waals surface area contributed by atoms with Crippen molar-refractivity contribution in [2.75, 3.05) is 12.4 Å². The number of methoxy groups -OCH3 is 1. The monoisotopic (exact) mass is 341 g/mol. The summed E-state index contributed by atoms with van der Waals surface area (Å²) in [6, 6.07) is 8.19. The molecule has 0 radical (unpaired) electrons. The van der Waals surface area contributed by atoms with E-state index >= 15 is 0 Å². The number of aromatic nitrogens is 3. The van der Waals surface area contributed by atoms with Crippen LogP contribution in [-0.4, -0.2) is 39.3 Å². The maximum atomic E-state index is 12.4. The van der Waals surface area contributed by atoms with Crippen LogP contribution in [0.5, 0.6) is 0 Å². The number of nitro groups is 1. The van der Waals surface area contributed by atoms with E-state index in [1.54, 1.807) is 12.1 Å². The van der Waals surface area contributed by atoms with Crippen molar-refractivity contribution in [2.24, 2.45) is 0 Å². The largest absolute Gasteiger partial charge is 0.465 e. The molecule has 1 aromatic heterocycles. The number of carbonyl (C=O) groups excluding carboxylic acids is 2. The Kier molecular flexibility index (Phi) is 4.08. The van der Waals surface area contributed by atoms with Gasteiger partial charge in [0.25, 0.3) is 11.6 Å². The standard InChI is InChI=1S/C15H11N5O5/c1-25-15(22)9-4-10(7-11(5-9)20(23)24)16-14(21)8-2-3-12-13(6-8)18-19-17-12/h2-7H,1H3,(H,16,21)(H,17,18,19). The van der Waals surface area contributed by atoms with Gasteiger partial charge in [0.1, 0.15) is 11.0 Å². The van der Waals surface area contributed by atoms with Gasteiger partial charge in [0.2, 0.25) is 0 Å². The van der Waals surface area contributed by atoms with Gasteiger partial charge >= 0.3 is 5.97 Å². The van der Waals surface area contributed by atoms with Crippen LogP contribution in [0.1, 0.15) is 20.7 Å². The van der Waals surface area contributed by atoms with Crippen molar-refractivity contribution in [1.82, 2.24) is 15.4 Å². The molecule has 3 aromatic rings. The molecule has 2 aromatic carbocycles. The fourth-order valence-corrected chi connectivity index (χ4v) is 2.21. The fourth-order valence-electron chi connectivity index (χ4n) is 2.21. The number of aromatic amines is 1. The number of carbonyl (C=O) groups is 2. The van der Waals surface area contributed by atoms with E-state index in [2.05, 4.69) is 25.5 Å². The van der Waals surface area contributed by atoms with E-state index in [9.17, 15) is 19.7 Å². The number of benzene rings is 2. The van der Waals surface area contributed by atoms with E-state index in [-0.39, 0.29) is 22.5 Å². The molecule has 1 heterocycles. The number of nitro benzene ring substituents is 1. The zero-order valence-corrected chi connectivity index (χ0v) is 12.8. The number of fused-ring (bicyclic) bond motifs is 1. The number of hydrogen-bond acceptors (Lipinski definition) is 7. The molecule has 0 aliphatic rings. The van der Waals surface area contributed by atoms with Gasteiger partial charge in [-0.1, -0.05) is 0 Å². The molecule has 0 fully saturated rings. The van der Waals surface area contributed by atoms with Crippen molar-refractivity contribution in [3.05, 3.63) is 57.6 Å². The lowest BCUT2D eigenvalue weighted by Gasteiger charge is -2.07. The summed E-state index contributed by atoms with van der Waals surface area (Å²) in [5.41, 5.74) is 1.10. The number of esters is 1. The van der Waals surface area contributed by atoms with Gasteiger partial charge in [-0.05, 0) is 24.3 Å². The number of nitrogens with zero attached hydrogens (tertiary/aromatic N) is 3. The van der Waals surface area contributed by atoms with E-state index in [1.165, 1.54) is 12.1 Å². The van der Waals surface area contributed by atoms with Crippen LogP contribution in [0.2, 0.25) is 0 Å². The van der Waals surface area contributed by atoms with Gasteiger partial charge in [0.15, 0.2) is 0 Å². The minimum Gasteiger partial charge on any atom is -0.465 e. The number of non-ortho nitro benzene ring substituents is 1. The molecular weight excluding hydrogens is 330 g/mol. The second kappa shape index (κ2) is 6.35. The van der Waals surface area contributed by atoms with Gasteiger partial charge in [0, 0.05) is 23.4 Å². The summed E-state index contributed by atoms with van der Waals surface area (Å²) in [6.07, 6.45) is 0. The highest BCUT2D eigenvalue weighted by Crippen LogP contribution is 2.22. The maximum absolute atomic E-state index is 12.4. The molecule has 0 aliphatic carbocycles. The van der Waals surface area contributed by atoms with Crippen LogP contribution in [0.15, 0.2) is 36.4 Å². The van der Waals surface area contributed by atoms with Crippen molar-refractivity contribution in [1.29, 1.82) is 0 Å². The maximum Gasteiger partial charge on any atom is 0.338 e. The SMILES string of the molecule is COC(=O)c1cc(NC(=O)c2ccc3n[nH]nc3c2)cc([N+](=O)[O-])c1. The first-order valence-corrected chi connectivity index (χ1v) is 6.97. The highest BCUT2D eigenvalue weighted by molar-refractivity contribution is 6.06. The Bertz CT molecular complexity index is 997. The van der Waals surface area contributed by atoms with Gasteiger partial charge < -0.3 is 10.1 Å². The second-order valence-electron chi connectivity index (χ2n) is 5.00. The van der Waals surface area contributed by atoms with Gasteiger partial charge in [-0.15, -0.1) is 0 Å². The van der Waals surface area contributed by atoms with Crippen LogP contribution in [0.25, 0.3) is 11.0 Å². The number of rotatable bonds is 4. The number of H-pyrrole nitrogens is 1. The van der Waals surface area contributed by atoms with Crippen LogP contribution in [0.4, 0.5) is 11.4 Å². The average molecular weight is 341 g/mol. The Hall–Kier alpha value is -3.82. The molecule has 0 bridgehead atoms. The Morgan fingerprint density at radius 3 is 2.60 bits per heavy atom. The van der Waals surface area contributed by atoms with Gasteiger partial charge in [-0.25, -0.2) is 4.79 Å². The molecular formula is C15H11N5O5. The van der Waals surface area contributed by atoms with Crippen molar-refractivity contribution in [3.63, 3.8) is 0 Å². The summed E-state index contributed by atoms with van der Waals surface area (Å²) in [4.78, 5) is 34.3. The van der Waals surface area contributed by atoms with E-state index < -0.39 is 16.8 Å². The molecule has 25 heavy (non-hydrogen) atoms. The van der Waals surface area contributed by atoms with Crippen molar-refractivity contribution in [3.8, 4) is 0 Å². The first kappa shape index (κ1) is 16.1. The fraction of sp³-hybridized carbons (Fsp3) is 0.0667. The predicted molar refractivity (Wildman–Crippen MR) is 86.3 cm³/mol. The predicted octanol–water partition coefficient (Wildman–Crippen LogP) is 1.90. The number of ether oxygens (including phenoxy) is 1. The molecule has 10 nitrogen and oxygen atoms in total. The van der Waals surface area contributed by atoms with Crippen molar-refractivity contribution >= 4 is 34.3 Å². The van der Waals surface area contributed by atoms with Crippen molar-refractivity contribution < 1.29 is 19.2 Å². The molecule has 0 unspecified atom stereocenters. The molecule has 1 amide bonds. The summed E-state index contributed by atoms with van der Waals surface area (Å²) in [5.74, 6) is -1.26. The second-order valence-corrected chi connectivity index (χ2v) is 5.00. The Morgan fingerprint density at radius 2 is 1.88 bits per heavy atom. The number of anilines is 1. The van der Waals surface area contributed by atoms with Crippen molar-refractivity contribution in [2.45, 2.75) is 0 Å². The molecule has 126 valence electrons. The van der Waals surface area contributed by atoms with Crippen LogP contribution in [0, 0.1) is 10.1 Å². The third kappa shape index (κ3) is 3.27. The summed E-state index contributed by atoms with van der Waals surface area (Å²) in [5, 5.41) is 23.7. The third-order valence-corrected chi connectivity index (χ3v) is 3.39. The highest BCUT2D eigenvalue weighted by atomic mass is 16.6. The number of hydrogen-bond donors (Lipinski definition) is 2. The summed E-state index contributed by atoms with van der Waals surface area (Å²) in [6.45, 7) is 0. The molecule has 3 rings (SSSR count). The average Bonchev–Trinajstić information content (AvgIpc) is 3.08. The topological polar surface area (TPSA) is 140 Å². The summed E-state index contributed by atoms with van der Waals surface area (Å²) >= 11 is 0. The zero-order chi connectivity index (χ0) is 18.0. The molecule has 0 atom stereocenters. The molecule has 0 aliphatic heterocycles. The smallest absolute Gasteiger partial charge is 0.338 e.